The summed E-state index contributed by atoms with van der Waals surface area (Å²) in [5.74, 6) is 0.452. The average molecular weight is 452 g/mol. The van der Waals surface area contributed by atoms with Crippen molar-refractivity contribution >= 4 is 51.0 Å². The summed E-state index contributed by atoms with van der Waals surface area (Å²) < 4.78 is 2.54. The van der Waals surface area contributed by atoms with Gasteiger partial charge in [0.2, 0.25) is 5.91 Å². The van der Waals surface area contributed by atoms with Crippen molar-refractivity contribution in [1.29, 1.82) is 0 Å². The number of nitrogens with one attached hydrogen (secondary N) is 1. The van der Waals surface area contributed by atoms with Crippen molar-refractivity contribution in [2.45, 2.75) is 12.1 Å². The summed E-state index contributed by atoms with van der Waals surface area (Å²) in [4.78, 5) is 16.5. The summed E-state index contributed by atoms with van der Waals surface area (Å²) in [6.07, 6.45) is 5.02. The van der Waals surface area contributed by atoms with Crippen molar-refractivity contribution in [1.82, 2.24) is 15.2 Å². The SMILES string of the molecule is Cc1cnc(NC(=O)CSc2nncc[n+]2-c2ccccc2Cl)c(Br)c1. The van der Waals surface area contributed by atoms with Crippen LogP contribution in [0.1, 0.15) is 5.56 Å². The molecule has 0 atom stereocenters. The van der Waals surface area contributed by atoms with E-state index in [-0.39, 0.29) is 11.7 Å². The van der Waals surface area contributed by atoms with E-state index in [9.17, 15) is 4.79 Å². The van der Waals surface area contributed by atoms with Gasteiger partial charge in [0.25, 0.3) is 0 Å². The van der Waals surface area contributed by atoms with Gasteiger partial charge < -0.3 is 5.32 Å². The number of anilines is 1. The Morgan fingerprint density at radius 2 is 2.19 bits per heavy atom. The molecule has 1 amide bonds. The van der Waals surface area contributed by atoms with Gasteiger partial charge in [0.05, 0.1) is 20.3 Å². The van der Waals surface area contributed by atoms with E-state index in [4.69, 9.17) is 11.6 Å². The third-order valence-electron chi connectivity index (χ3n) is 3.31. The molecule has 26 heavy (non-hydrogen) atoms. The second kappa shape index (κ2) is 8.57. The van der Waals surface area contributed by atoms with Gasteiger partial charge in [0.1, 0.15) is 18.2 Å². The predicted molar refractivity (Wildman–Crippen MR) is 105 cm³/mol. The molecule has 0 saturated heterocycles. The van der Waals surface area contributed by atoms with E-state index < -0.39 is 0 Å². The molecule has 2 aromatic heterocycles. The van der Waals surface area contributed by atoms with Gasteiger partial charge in [-0.25, -0.2) is 4.98 Å². The summed E-state index contributed by atoms with van der Waals surface area (Å²) in [5, 5.41) is 11.9. The fraction of sp³-hybridized carbons (Fsp3) is 0.118. The number of amides is 1. The molecule has 0 spiro atoms. The number of halogens is 2. The first-order valence-electron chi connectivity index (χ1n) is 7.57. The second-order valence-corrected chi connectivity index (χ2v) is 7.50. The van der Waals surface area contributed by atoms with Crippen LogP contribution in [0.15, 0.2) is 58.6 Å². The number of pyridine rings is 1. The Bertz CT molecular complexity index is 956. The van der Waals surface area contributed by atoms with Crippen LogP contribution in [0.3, 0.4) is 0 Å². The number of carbonyl (C=O) groups excluding carboxylic acids is 1. The number of thioether (sulfide) groups is 1. The Morgan fingerprint density at radius 3 is 2.96 bits per heavy atom. The number of aromatic nitrogens is 4. The first kappa shape index (κ1) is 18.8. The second-order valence-electron chi connectivity index (χ2n) is 5.30. The van der Waals surface area contributed by atoms with E-state index in [1.165, 1.54) is 11.8 Å². The average Bonchev–Trinajstić information content (AvgIpc) is 2.63. The highest BCUT2D eigenvalue weighted by Gasteiger charge is 2.19. The number of aryl methyl sites for hydroxylation is 1. The van der Waals surface area contributed by atoms with Crippen LogP contribution >= 0.6 is 39.3 Å². The largest absolute Gasteiger partial charge is 0.391 e. The maximum absolute atomic E-state index is 12.3. The molecule has 0 bridgehead atoms. The van der Waals surface area contributed by atoms with Crippen molar-refractivity contribution in [2.75, 3.05) is 11.1 Å². The van der Waals surface area contributed by atoms with Crippen LogP contribution in [-0.2, 0) is 4.79 Å². The van der Waals surface area contributed by atoms with Gasteiger partial charge in [-0.3, -0.25) is 4.79 Å². The molecule has 3 rings (SSSR count). The molecule has 0 aliphatic rings. The van der Waals surface area contributed by atoms with Gasteiger partial charge in [-0.1, -0.05) is 23.7 Å². The van der Waals surface area contributed by atoms with Crippen LogP contribution in [0.5, 0.6) is 0 Å². The van der Waals surface area contributed by atoms with E-state index in [1.807, 2.05) is 31.2 Å². The molecule has 132 valence electrons. The Hall–Kier alpha value is -2.03. The number of hydrogen-bond acceptors (Lipinski definition) is 5. The van der Waals surface area contributed by atoms with E-state index >= 15 is 0 Å². The highest BCUT2D eigenvalue weighted by Crippen LogP contribution is 2.21. The molecular formula is C17H14BrClN5OS+. The van der Waals surface area contributed by atoms with Crippen molar-refractivity contribution in [2.24, 2.45) is 0 Å². The number of para-hydroxylation sites is 1. The quantitative estimate of drug-likeness (QED) is 0.474. The lowest BCUT2D eigenvalue weighted by Crippen LogP contribution is -2.35. The summed E-state index contributed by atoms with van der Waals surface area (Å²) in [5.41, 5.74) is 1.78. The van der Waals surface area contributed by atoms with Crippen molar-refractivity contribution < 1.29 is 9.36 Å². The van der Waals surface area contributed by atoms with Gasteiger partial charge in [0, 0.05) is 6.20 Å². The molecule has 1 N–H and O–H groups in total. The van der Waals surface area contributed by atoms with Crippen LogP contribution in [0.4, 0.5) is 5.82 Å². The van der Waals surface area contributed by atoms with Crippen molar-refractivity contribution in [3.63, 3.8) is 0 Å². The fourth-order valence-corrected chi connectivity index (χ4v) is 3.67. The fourth-order valence-electron chi connectivity index (χ4n) is 2.14. The smallest absolute Gasteiger partial charge is 0.309 e. The third-order valence-corrected chi connectivity index (χ3v) is 5.18. The number of benzene rings is 1. The van der Waals surface area contributed by atoms with Gasteiger partial charge in [-0.2, -0.15) is 4.57 Å². The third kappa shape index (κ3) is 4.57. The Labute approximate surface area is 168 Å². The lowest BCUT2D eigenvalue weighted by atomic mass is 10.3. The molecule has 0 aliphatic heterocycles. The first-order valence-corrected chi connectivity index (χ1v) is 9.73. The minimum atomic E-state index is -0.191. The standard InChI is InChI=1S/C17H13BrClN5OS/c1-11-8-12(18)16(20-9-11)22-15(25)10-26-17-23-21-6-7-24(17)14-5-3-2-4-13(14)19/h2-9H,10H2,1H3/p+1. The molecule has 1 aromatic carbocycles. The van der Waals surface area contributed by atoms with Gasteiger partial charge in [0.15, 0.2) is 5.69 Å². The molecule has 0 aliphatic carbocycles. The first-order chi connectivity index (χ1) is 12.5. The minimum Gasteiger partial charge on any atom is -0.309 e. The van der Waals surface area contributed by atoms with E-state index in [0.717, 1.165) is 15.7 Å². The van der Waals surface area contributed by atoms with Gasteiger partial charge in [-0.05, 0) is 63.5 Å². The van der Waals surface area contributed by atoms with E-state index in [0.29, 0.717) is 16.0 Å². The molecule has 3 aromatic rings. The lowest BCUT2D eigenvalue weighted by molar-refractivity contribution is -0.642. The molecule has 2 heterocycles. The summed E-state index contributed by atoms with van der Waals surface area (Å²) in [6, 6.07) is 9.31. The Kier molecular flexibility index (Phi) is 6.18. The molecular weight excluding hydrogens is 438 g/mol. The topological polar surface area (TPSA) is 71.7 Å². The maximum atomic E-state index is 12.3. The molecule has 0 unspecified atom stereocenters. The molecule has 6 nitrogen and oxygen atoms in total. The van der Waals surface area contributed by atoms with Crippen molar-refractivity contribution in [3.05, 3.63) is 64.0 Å². The maximum Gasteiger partial charge on any atom is 0.391 e. The predicted octanol–water partition coefficient (Wildman–Crippen LogP) is 3.60. The van der Waals surface area contributed by atoms with Crippen LogP contribution < -0.4 is 9.88 Å². The van der Waals surface area contributed by atoms with Crippen LogP contribution in [0, 0.1) is 6.92 Å². The summed E-state index contributed by atoms with van der Waals surface area (Å²) in [7, 11) is 0. The van der Waals surface area contributed by atoms with E-state index in [2.05, 4.69) is 36.4 Å². The molecule has 9 heteroatoms. The number of carbonyl (C=O) groups is 1. The van der Waals surface area contributed by atoms with Crippen molar-refractivity contribution in [3.8, 4) is 5.69 Å². The highest BCUT2D eigenvalue weighted by atomic mass is 79.9. The van der Waals surface area contributed by atoms with Crippen LogP contribution in [0.2, 0.25) is 5.02 Å². The Morgan fingerprint density at radius 1 is 1.38 bits per heavy atom. The highest BCUT2D eigenvalue weighted by molar-refractivity contribution is 9.10. The van der Waals surface area contributed by atoms with E-state index in [1.54, 1.807) is 29.2 Å². The molecule has 0 fully saturated rings. The normalized spacial score (nSPS) is 10.6. The van der Waals surface area contributed by atoms with Crippen LogP contribution in [0.25, 0.3) is 5.69 Å². The zero-order valence-electron chi connectivity index (χ0n) is 13.7. The zero-order chi connectivity index (χ0) is 18.5. The number of nitrogens with zero attached hydrogens (tertiary/aromatic N) is 4. The van der Waals surface area contributed by atoms with Gasteiger partial charge >= 0.3 is 5.16 Å². The summed E-state index contributed by atoms with van der Waals surface area (Å²) >= 11 is 10.9. The minimum absolute atomic E-state index is 0.158. The molecule has 0 radical (unpaired) electrons. The number of rotatable bonds is 5. The number of hydrogen-bond donors (Lipinski definition) is 1. The van der Waals surface area contributed by atoms with Crippen LogP contribution in [-0.4, -0.2) is 26.8 Å². The lowest BCUT2D eigenvalue weighted by Gasteiger charge is -2.07. The zero-order valence-corrected chi connectivity index (χ0v) is 16.8. The van der Waals surface area contributed by atoms with Gasteiger partial charge in [-0.15, -0.1) is 0 Å². The Balaban J connectivity index is 1.72. The monoisotopic (exact) mass is 450 g/mol. The summed E-state index contributed by atoms with van der Waals surface area (Å²) in [6.45, 7) is 1.93. The molecule has 0 saturated carbocycles.